The molecule has 0 aromatic carbocycles. The van der Waals surface area contributed by atoms with Gasteiger partial charge in [-0.2, -0.15) is 0 Å². The molecule has 2 heterocycles. The third-order valence-corrected chi connectivity index (χ3v) is 4.54. The molecule has 0 bridgehead atoms. The monoisotopic (exact) mass is 288 g/mol. The Morgan fingerprint density at radius 1 is 1.37 bits per heavy atom. The standard InChI is InChI=1S/C15H16N2S2/c1-11-8-12(2)17-15(9-11)19-10-14-13(4-3-6-16)5-7-18-14/h5,7-9H,6,10,16H2,1-2H3. The van der Waals surface area contributed by atoms with E-state index in [0.717, 1.165) is 22.0 Å². The topological polar surface area (TPSA) is 38.9 Å². The van der Waals surface area contributed by atoms with Crippen molar-refractivity contribution in [1.29, 1.82) is 0 Å². The van der Waals surface area contributed by atoms with Gasteiger partial charge in [0.2, 0.25) is 0 Å². The molecule has 2 aromatic rings. The highest BCUT2D eigenvalue weighted by Gasteiger charge is 2.04. The summed E-state index contributed by atoms with van der Waals surface area (Å²) in [6, 6.07) is 6.27. The van der Waals surface area contributed by atoms with E-state index in [9.17, 15) is 0 Å². The smallest absolute Gasteiger partial charge is 0.0969 e. The average Bonchev–Trinajstić information content (AvgIpc) is 2.80. The summed E-state index contributed by atoms with van der Waals surface area (Å²) in [5.41, 5.74) is 8.82. The minimum atomic E-state index is 0.404. The zero-order valence-corrected chi connectivity index (χ0v) is 12.7. The third kappa shape index (κ3) is 4.10. The summed E-state index contributed by atoms with van der Waals surface area (Å²) in [4.78, 5) is 5.82. The molecule has 2 aromatic heterocycles. The predicted octanol–water partition coefficient (Wildman–Crippen LogP) is 3.36. The molecule has 2 nitrogen and oxygen atoms in total. The Bertz CT molecular complexity index is 600. The van der Waals surface area contributed by atoms with Crippen molar-refractivity contribution in [1.82, 2.24) is 4.98 Å². The molecule has 19 heavy (non-hydrogen) atoms. The fraction of sp³-hybridized carbons (Fsp3) is 0.267. The van der Waals surface area contributed by atoms with Crippen molar-refractivity contribution in [3.63, 3.8) is 0 Å². The number of rotatable bonds is 3. The number of thioether (sulfide) groups is 1. The maximum Gasteiger partial charge on any atom is 0.0969 e. The fourth-order valence-corrected chi connectivity index (χ4v) is 3.70. The van der Waals surface area contributed by atoms with Gasteiger partial charge in [-0.3, -0.25) is 0 Å². The molecule has 4 heteroatoms. The summed E-state index contributed by atoms with van der Waals surface area (Å²) in [6.07, 6.45) is 0. The number of thiophene rings is 1. The quantitative estimate of drug-likeness (QED) is 0.695. The Balaban J connectivity index is 2.08. The molecule has 0 aliphatic heterocycles. The van der Waals surface area contributed by atoms with Crippen LogP contribution in [0.2, 0.25) is 0 Å². The van der Waals surface area contributed by atoms with Crippen LogP contribution >= 0.6 is 23.1 Å². The normalized spacial score (nSPS) is 10.1. The molecular formula is C15H16N2S2. The number of nitrogens with zero attached hydrogens (tertiary/aromatic N) is 1. The van der Waals surface area contributed by atoms with Gasteiger partial charge in [0.1, 0.15) is 0 Å². The van der Waals surface area contributed by atoms with Crippen LogP contribution in [-0.4, -0.2) is 11.5 Å². The number of pyridine rings is 1. The van der Waals surface area contributed by atoms with E-state index in [2.05, 4.69) is 47.3 Å². The number of aromatic nitrogens is 1. The van der Waals surface area contributed by atoms with Crippen molar-refractivity contribution >= 4 is 23.1 Å². The van der Waals surface area contributed by atoms with Gasteiger partial charge >= 0.3 is 0 Å². The minimum absolute atomic E-state index is 0.404. The van der Waals surface area contributed by atoms with E-state index in [1.54, 1.807) is 23.1 Å². The lowest BCUT2D eigenvalue weighted by atomic mass is 10.3. The van der Waals surface area contributed by atoms with Crippen molar-refractivity contribution in [3.8, 4) is 11.8 Å². The number of hydrogen-bond donors (Lipinski definition) is 1. The van der Waals surface area contributed by atoms with Gasteiger partial charge < -0.3 is 5.73 Å². The fourth-order valence-electron chi connectivity index (χ4n) is 1.73. The highest BCUT2D eigenvalue weighted by Crippen LogP contribution is 2.27. The second-order valence-corrected chi connectivity index (χ2v) is 6.17. The van der Waals surface area contributed by atoms with Crippen LogP contribution in [0.3, 0.4) is 0 Å². The maximum atomic E-state index is 5.41. The number of aryl methyl sites for hydroxylation is 2. The van der Waals surface area contributed by atoms with Gasteiger partial charge in [-0.1, -0.05) is 11.8 Å². The van der Waals surface area contributed by atoms with E-state index >= 15 is 0 Å². The molecule has 2 rings (SSSR count). The molecule has 0 amide bonds. The molecule has 0 saturated carbocycles. The molecular weight excluding hydrogens is 272 g/mol. The van der Waals surface area contributed by atoms with Gasteiger partial charge in [0.15, 0.2) is 0 Å². The molecule has 0 saturated heterocycles. The van der Waals surface area contributed by atoms with E-state index in [0.29, 0.717) is 6.54 Å². The zero-order valence-electron chi connectivity index (χ0n) is 11.1. The molecule has 98 valence electrons. The highest BCUT2D eigenvalue weighted by atomic mass is 32.2. The van der Waals surface area contributed by atoms with Crippen molar-refractivity contribution < 1.29 is 0 Å². The van der Waals surface area contributed by atoms with E-state index in [1.165, 1.54) is 10.4 Å². The molecule has 0 aliphatic carbocycles. The Kier molecular flexibility index (Phi) is 5.03. The van der Waals surface area contributed by atoms with Crippen LogP contribution in [0.1, 0.15) is 21.7 Å². The lowest BCUT2D eigenvalue weighted by molar-refractivity contribution is 1.05. The maximum absolute atomic E-state index is 5.41. The van der Waals surface area contributed by atoms with Gasteiger partial charge in [-0.25, -0.2) is 4.98 Å². The molecule has 0 atom stereocenters. The summed E-state index contributed by atoms with van der Waals surface area (Å²) >= 11 is 3.49. The van der Waals surface area contributed by atoms with Crippen LogP contribution in [0.25, 0.3) is 0 Å². The minimum Gasteiger partial charge on any atom is -0.320 e. The summed E-state index contributed by atoms with van der Waals surface area (Å²) in [5.74, 6) is 6.93. The third-order valence-electron chi connectivity index (χ3n) is 2.50. The van der Waals surface area contributed by atoms with E-state index in [1.807, 2.05) is 6.92 Å². The lowest BCUT2D eigenvalue weighted by Crippen LogP contribution is -1.93. The van der Waals surface area contributed by atoms with Crippen molar-refractivity contribution in [2.75, 3.05) is 6.54 Å². The van der Waals surface area contributed by atoms with E-state index in [4.69, 9.17) is 5.73 Å². The first-order chi connectivity index (χ1) is 9.19. The van der Waals surface area contributed by atoms with Gasteiger partial charge in [-0.05, 0) is 43.0 Å². The van der Waals surface area contributed by atoms with Crippen molar-refractivity contribution in [2.24, 2.45) is 5.73 Å². The molecule has 0 radical (unpaired) electrons. The zero-order chi connectivity index (χ0) is 13.7. The lowest BCUT2D eigenvalue weighted by Gasteiger charge is -2.03. The summed E-state index contributed by atoms with van der Waals surface area (Å²) < 4.78 is 0. The van der Waals surface area contributed by atoms with Crippen molar-refractivity contribution in [3.05, 3.63) is 45.3 Å². The van der Waals surface area contributed by atoms with E-state index in [-0.39, 0.29) is 0 Å². The average molecular weight is 288 g/mol. The van der Waals surface area contributed by atoms with Crippen LogP contribution in [0.5, 0.6) is 0 Å². The van der Waals surface area contributed by atoms with Gasteiger partial charge in [0.05, 0.1) is 11.6 Å². The molecule has 0 spiro atoms. The Morgan fingerprint density at radius 2 is 2.21 bits per heavy atom. The largest absolute Gasteiger partial charge is 0.320 e. The molecule has 0 aliphatic rings. The van der Waals surface area contributed by atoms with Crippen LogP contribution in [0.15, 0.2) is 28.6 Å². The molecule has 0 fully saturated rings. The van der Waals surface area contributed by atoms with Crippen molar-refractivity contribution in [2.45, 2.75) is 24.6 Å². The van der Waals surface area contributed by atoms with Crippen LogP contribution in [0.4, 0.5) is 0 Å². The summed E-state index contributed by atoms with van der Waals surface area (Å²) in [6.45, 7) is 4.53. The Hall–Kier alpha value is -1.28. The highest BCUT2D eigenvalue weighted by molar-refractivity contribution is 7.98. The second kappa shape index (κ2) is 6.76. The number of hydrogen-bond acceptors (Lipinski definition) is 4. The predicted molar refractivity (Wildman–Crippen MR) is 83.5 cm³/mol. The van der Waals surface area contributed by atoms with Crippen LogP contribution < -0.4 is 5.73 Å². The van der Waals surface area contributed by atoms with Gasteiger partial charge in [0.25, 0.3) is 0 Å². The Labute approximate surface area is 122 Å². The van der Waals surface area contributed by atoms with Crippen LogP contribution in [0, 0.1) is 25.7 Å². The summed E-state index contributed by atoms with van der Waals surface area (Å²) in [5, 5.41) is 3.15. The van der Waals surface area contributed by atoms with Gasteiger partial charge in [-0.15, -0.1) is 23.1 Å². The first-order valence-electron chi connectivity index (χ1n) is 6.02. The first kappa shape index (κ1) is 14.1. The molecule has 0 unspecified atom stereocenters. The number of nitrogens with two attached hydrogens (primary N) is 1. The SMILES string of the molecule is Cc1cc(C)nc(SCc2sccc2C#CCN)c1. The van der Waals surface area contributed by atoms with Crippen LogP contribution in [-0.2, 0) is 5.75 Å². The van der Waals surface area contributed by atoms with Gasteiger partial charge in [0, 0.05) is 21.9 Å². The second-order valence-electron chi connectivity index (χ2n) is 4.18. The Morgan fingerprint density at radius 3 is 2.95 bits per heavy atom. The first-order valence-corrected chi connectivity index (χ1v) is 7.89. The summed E-state index contributed by atoms with van der Waals surface area (Å²) in [7, 11) is 0. The molecule has 2 N–H and O–H groups in total. The van der Waals surface area contributed by atoms with E-state index < -0.39 is 0 Å².